The minimum absolute atomic E-state index is 0.0127. The number of aromatic amines is 1. The van der Waals surface area contributed by atoms with Crippen LogP contribution < -0.4 is 0 Å². The quantitative estimate of drug-likeness (QED) is 0.753. The van der Waals surface area contributed by atoms with Crippen molar-refractivity contribution in [1.82, 2.24) is 15.0 Å². The van der Waals surface area contributed by atoms with Crippen LogP contribution >= 0.6 is 0 Å². The maximum absolute atomic E-state index is 4.61. The van der Waals surface area contributed by atoms with Crippen LogP contribution in [0.25, 0.3) is 11.0 Å². The van der Waals surface area contributed by atoms with Gasteiger partial charge in [-0.3, -0.25) is 0 Å². The van der Waals surface area contributed by atoms with Crippen LogP contribution in [0.15, 0.2) is 12.3 Å². The molecule has 2 heterocycles. The third-order valence-electron chi connectivity index (χ3n) is 2.85. The second-order valence-corrected chi connectivity index (χ2v) is 6.68. The maximum atomic E-state index is 4.61. The van der Waals surface area contributed by atoms with E-state index in [2.05, 4.69) is 62.6 Å². The minimum atomic E-state index is -0.0127. The first-order valence-electron chi connectivity index (χ1n) is 6.05. The van der Waals surface area contributed by atoms with Gasteiger partial charge < -0.3 is 4.98 Å². The lowest BCUT2D eigenvalue weighted by atomic mass is 9.92. The minimum Gasteiger partial charge on any atom is -0.343 e. The smallest absolute Gasteiger partial charge is 0.141 e. The predicted octanol–water partition coefficient (Wildman–Crippen LogP) is 3.55. The Kier molecular flexibility index (Phi) is 2.53. The second kappa shape index (κ2) is 3.56. The van der Waals surface area contributed by atoms with E-state index in [0.29, 0.717) is 0 Å². The monoisotopic (exact) mass is 231 g/mol. The van der Waals surface area contributed by atoms with Gasteiger partial charge in [-0.1, -0.05) is 41.5 Å². The van der Waals surface area contributed by atoms with Crippen LogP contribution in [0.3, 0.4) is 0 Å². The van der Waals surface area contributed by atoms with Crippen molar-refractivity contribution in [1.29, 1.82) is 0 Å². The summed E-state index contributed by atoms with van der Waals surface area (Å²) in [6.07, 6.45) is 1.91. The molecule has 0 aliphatic rings. The molecule has 92 valence electrons. The average Bonchev–Trinajstić information content (AvgIpc) is 2.57. The van der Waals surface area contributed by atoms with Gasteiger partial charge in [0.25, 0.3) is 0 Å². The van der Waals surface area contributed by atoms with Crippen LogP contribution in [0.4, 0.5) is 0 Å². The highest BCUT2D eigenvalue weighted by Crippen LogP contribution is 2.26. The standard InChI is InChI=1S/C14H21N3/c1-13(2,3)10-7-9-8-15-12(14(4,5)6)17-11(9)16-10/h7-8H,1-6H3,(H,15,16,17). The number of hydrogen-bond acceptors (Lipinski definition) is 2. The second-order valence-electron chi connectivity index (χ2n) is 6.68. The van der Waals surface area contributed by atoms with Crippen LogP contribution in [0, 0.1) is 0 Å². The Morgan fingerprint density at radius 1 is 1.00 bits per heavy atom. The number of nitrogens with one attached hydrogen (secondary N) is 1. The van der Waals surface area contributed by atoms with Crippen molar-refractivity contribution in [3.63, 3.8) is 0 Å². The van der Waals surface area contributed by atoms with E-state index in [1.165, 1.54) is 5.69 Å². The van der Waals surface area contributed by atoms with Gasteiger partial charge in [0.05, 0.1) is 0 Å². The number of nitrogens with zero attached hydrogens (tertiary/aromatic N) is 2. The Bertz CT molecular complexity index is 527. The van der Waals surface area contributed by atoms with Crippen molar-refractivity contribution in [2.75, 3.05) is 0 Å². The van der Waals surface area contributed by atoms with Crippen molar-refractivity contribution < 1.29 is 0 Å². The molecule has 2 aromatic heterocycles. The lowest BCUT2D eigenvalue weighted by molar-refractivity contribution is 0.547. The van der Waals surface area contributed by atoms with Crippen LogP contribution in [-0.4, -0.2) is 15.0 Å². The summed E-state index contributed by atoms with van der Waals surface area (Å²) in [6, 6.07) is 2.14. The van der Waals surface area contributed by atoms with Crippen molar-refractivity contribution in [2.45, 2.75) is 52.4 Å². The van der Waals surface area contributed by atoms with E-state index < -0.39 is 0 Å². The number of fused-ring (bicyclic) bond motifs is 1. The summed E-state index contributed by atoms with van der Waals surface area (Å²) in [7, 11) is 0. The number of rotatable bonds is 0. The van der Waals surface area contributed by atoms with Crippen LogP contribution in [0.5, 0.6) is 0 Å². The Morgan fingerprint density at radius 3 is 2.18 bits per heavy atom. The molecule has 0 spiro atoms. The van der Waals surface area contributed by atoms with E-state index >= 15 is 0 Å². The van der Waals surface area contributed by atoms with Gasteiger partial charge in [-0.2, -0.15) is 0 Å². The third-order valence-corrected chi connectivity index (χ3v) is 2.85. The van der Waals surface area contributed by atoms with Crippen molar-refractivity contribution in [2.24, 2.45) is 0 Å². The van der Waals surface area contributed by atoms with Gasteiger partial charge in [-0.25, -0.2) is 9.97 Å². The van der Waals surface area contributed by atoms with E-state index in [4.69, 9.17) is 0 Å². The summed E-state index contributed by atoms with van der Waals surface area (Å²) in [6.45, 7) is 13.0. The van der Waals surface area contributed by atoms with E-state index in [1.807, 2.05) is 6.20 Å². The summed E-state index contributed by atoms with van der Waals surface area (Å²) in [5.74, 6) is 0.882. The Labute approximate surface area is 103 Å². The molecule has 0 radical (unpaired) electrons. The fourth-order valence-electron chi connectivity index (χ4n) is 1.68. The topological polar surface area (TPSA) is 41.6 Å². The van der Waals surface area contributed by atoms with Gasteiger partial charge in [-0.15, -0.1) is 0 Å². The molecule has 0 atom stereocenters. The fraction of sp³-hybridized carbons (Fsp3) is 0.571. The molecule has 0 saturated carbocycles. The molecule has 1 N–H and O–H groups in total. The molecule has 0 aliphatic carbocycles. The van der Waals surface area contributed by atoms with Gasteiger partial charge in [0.2, 0.25) is 0 Å². The maximum Gasteiger partial charge on any atom is 0.141 e. The summed E-state index contributed by atoms with van der Waals surface area (Å²) in [4.78, 5) is 12.5. The molecule has 0 unspecified atom stereocenters. The number of H-pyrrole nitrogens is 1. The molecule has 0 aromatic carbocycles. The molecule has 3 nitrogen and oxygen atoms in total. The van der Waals surface area contributed by atoms with Crippen molar-refractivity contribution >= 4 is 11.0 Å². The number of hydrogen-bond donors (Lipinski definition) is 1. The zero-order valence-corrected chi connectivity index (χ0v) is 11.5. The molecule has 2 aromatic rings. The van der Waals surface area contributed by atoms with E-state index in [-0.39, 0.29) is 10.8 Å². The Morgan fingerprint density at radius 2 is 1.65 bits per heavy atom. The normalized spacial score (nSPS) is 13.3. The Hall–Kier alpha value is -1.38. The van der Waals surface area contributed by atoms with Crippen molar-refractivity contribution in [3.8, 4) is 0 Å². The highest BCUT2D eigenvalue weighted by atomic mass is 15.0. The molecule has 3 heteroatoms. The largest absolute Gasteiger partial charge is 0.343 e. The highest BCUT2D eigenvalue weighted by Gasteiger charge is 2.20. The molecule has 0 aliphatic heterocycles. The molecular weight excluding hydrogens is 210 g/mol. The SMILES string of the molecule is CC(C)(C)c1ncc2cc(C(C)(C)C)[nH]c2n1. The number of aromatic nitrogens is 3. The average molecular weight is 231 g/mol. The zero-order chi connectivity index (χ0) is 12.8. The van der Waals surface area contributed by atoms with E-state index in [9.17, 15) is 0 Å². The van der Waals surface area contributed by atoms with E-state index in [1.54, 1.807) is 0 Å². The molecule has 0 fully saturated rings. The molecule has 0 saturated heterocycles. The fourth-order valence-corrected chi connectivity index (χ4v) is 1.68. The van der Waals surface area contributed by atoms with Gasteiger partial charge in [0.1, 0.15) is 11.5 Å². The predicted molar refractivity (Wildman–Crippen MR) is 71.3 cm³/mol. The first-order valence-corrected chi connectivity index (χ1v) is 6.05. The van der Waals surface area contributed by atoms with Gasteiger partial charge in [-0.05, 0) is 6.07 Å². The lowest BCUT2D eigenvalue weighted by Crippen LogP contribution is -2.15. The third kappa shape index (κ3) is 2.33. The summed E-state index contributed by atoms with van der Waals surface area (Å²) in [5.41, 5.74) is 2.24. The van der Waals surface area contributed by atoms with Gasteiger partial charge in [0, 0.05) is 28.1 Å². The first kappa shape index (κ1) is 12.1. The summed E-state index contributed by atoms with van der Waals surface area (Å²) in [5, 5.41) is 1.09. The van der Waals surface area contributed by atoms with Gasteiger partial charge in [0.15, 0.2) is 0 Å². The molecule has 0 amide bonds. The van der Waals surface area contributed by atoms with Crippen LogP contribution in [0.1, 0.15) is 53.1 Å². The van der Waals surface area contributed by atoms with E-state index in [0.717, 1.165) is 16.9 Å². The van der Waals surface area contributed by atoms with Crippen molar-refractivity contribution in [3.05, 3.63) is 23.8 Å². The molecule has 17 heavy (non-hydrogen) atoms. The van der Waals surface area contributed by atoms with Crippen LogP contribution in [0.2, 0.25) is 0 Å². The summed E-state index contributed by atoms with van der Waals surface area (Å²) >= 11 is 0. The summed E-state index contributed by atoms with van der Waals surface area (Å²) < 4.78 is 0. The first-order chi connectivity index (χ1) is 7.68. The van der Waals surface area contributed by atoms with Crippen LogP contribution in [-0.2, 0) is 10.8 Å². The van der Waals surface area contributed by atoms with Gasteiger partial charge >= 0.3 is 0 Å². The zero-order valence-electron chi connectivity index (χ0n) is 11.5. The highest BCUT2D eigenvalue weighted by molar-refractivity contribution is 5.76. The molecule has 2 rings (SSSR count). The molecule has 0 bridgehead atoms. The molecular formula is C14H21N3. The lowest BCUT2D eigenvalue weighted by Gasteiger charge is -2.16. The Balaban J connectivity index is 2.56.